The Bertz CT molecular complexity index is 1300. The number of hydrogen-bond acceptors (Lipinski definition) is 5. The van der Waals surface area contributed by atoms with Gasteiger partial charge in [-0.25, -0.2) is 14.6 Å². The fourth-order valence-corrected chi connectivity index (χ4v) is 3.13. The van der Waals surface area contributed by atoms with E-state index >= 15 is 0 Å². The van der Waals surface area contributed by atoms with Gasteiger partial charge in [-0.3, -0.25) is 15.4 Å². The van der Waals surface area contributed by atoms with Gasteiger partial charge in [0.05, 0.1) is 16.7 Å². The SMILES string of the molecule is O=C(O)Nc1nc2ccc(C(=O)c3ccccc3NC(=O)OCc3ccccc3)cc2[nH]1. The summed E-state index contributed by atoms with van der Waals surface area (Å²) in [7, 11) is 0. The molecule has 0 atom stereocenters. The van der Waals surface area contributed by atoms with Gasteiger partial charge in [0.25, 0.3) is 0 Å². The molecule has 2 amide bonds. The predicted molar refractivity (Wildman–Crippen MR) is 118 cm³/mol. The molecule has 0 spiro atoms. The topological polar surface area (TPSA) is 133 Å². The van der Waals surface area contributed by atoms with Crippen LogP contribution in [0.2, 0.25) is 0 Å². The van der Waals surface area contributed by atoms with Crippen LogP contribution in [0.1, 0.15) is 21.5 Å². The Labute approximate surface area is 182 Å². The zero-order valence-corrected chi connectivity index (χ0v) is 16.7. The van der Waals surface area contributed by atoms with Gasteiger partial charge in [0.15, 0.2) is 5.78 Å². The van der Waals surface area contributed by atoms with Crippen LogP contribution in [0.5, 0.6) is 0 Å². The first-order valence-electron chi connectivity index (χ1n) is 9.61. The van der Waals surface area contributed by atoms with E-state index in [1.165, 1.54) is 0 Å². The van der Waals surface area contributed by atoms with Crippen LogP contribution in [0, 0.1) is 0 Å². The van der Waals surface area contributed by atoms with Gasteiger partial charge in [0.1, 0.15) is 6.61 Å². The molecular formula is C23H18N4O5. The monoisotopic (exact) mass is 430 g/mol. The van der Waals surface area contributed by atoms with Crippen molar-refractivity contribution in [1.29, 1.82) is 0 Å². The van der Waals surface area contributed by atoms with Crippen LogP contribution in [-0.4, -0.2) is 33.0 Å². The lowest BCUT2D eigenvalue weighted by Gasteiger charge is -2.11. The molecule has 1 heterocycles. The van der Waals surface area contributed by atoms with E-state index in [0.29, 0.717) is 22.3 Å². The molecule has 4 rings (SSSR count). The number of fused-ring (bicyclic) bond motifs is 1. The number of aromatic nitrogens is 2. The van der Waals surface area contributed by atoms with Crippen LogP contribution in [0.4, 0.5) is 21.2 Å². The summed E-state index contributed by atoms with van der Waals surface area (Å²) in [5.41, 5.74) is 2.78. The highest BCUT2D eigenvalue weighted by Crippen LogP contribution is 2.23. The van der Waals surface area contributed by atoms with Crippen LogP contribution < -0.4 is 10.6 Å². The first-order chi connectivity index (χ1) is 15.5. The van der Waals surface area contributed by atoms with E-state index in [1.54, 1.807) is 42.5 Å². The fraction of sp³-hybridized carbons (Fsp3) is 0.0435. The summed E-state index contributed by atoms with van der Waals surface area (Å²) >= 11 is 0. The summed E-state index contributed by atoms with van der Waals surface area (Å²) < 4.78 is 5.24. The second-order valence-electron chi connectivity index (χ2n) is 6.81. The fourth-order valence-electron chi connectivity index (χ4n) is 3.13. The van der Waals surface area contributed by atoms with E-state index in [0.717, 1.165) is 5.56 Å². The van der Waals surface area contributed by atoms with Crippen LogP contribution in [0.15, 0.2) is 72.8 Å². The first-order valence-corrected chi connectivity index (χ1v) is 9.61. The highest BCUT2D eigenvalue weighted by atomic mass is 16.5. The number of para-hydroxylation sites is 1. The van der Waals surface area contributed by atoms with Crippen molar-refractivity contribution in [2.75, 3.05) is 10.6 Å². The van der Waals surface area contributed by atoms with Gasteiger partial charge in [-0.05, 0) is 35.9 Å². The Morgan fingerprint density at radius 1 is 0.938 bits per heavy atom. The highest BCUT2D eigenvalue weighted by Gasteiger charge is 2.17. The number of H-pyrrole nitrogens is 1. The van der Waals surface area contributed by atoms with Crippen molar-refractivity contribution in [1.82, 2.24) is 9.97 Å². The first kappa shape index (κ1) is 20.6. The van der Waals surface area contributed by atoms with Crippen LogP contribution in [0.25, 0.3) is 11.0 Å². The Hall–Kier alpha value is -4.66. The van der Waals surface area contributed by atoms with E-state index in [4.69, 9.17) is 9.84 Å². The third-order valence-corrected chi connectivity index (χ3v) is 4.59. The molecule has 32 heavy (non-hydrogen) atoms. The molecule has 9 heteroatoms. The number of carboxylic acid groups (broad SMARTS) is 1. The Kier molecular flexibility index (Phi) is 5.80. The smallest absolute Gasteiger partial charge is 0.411 e. The molecular weight excluding hydrogens is 412 g/mol. The van der Waals surface area contributed by atoms with Gasteiger partial charge in [-0.15, -0.1) is 0 Å². The van der Waals surface area contributed by atoms with Gasteiger partial charge in [-0.1, -0.05) is 42.5 Å². The van der Waals surface area contributed by atoms with Gasteiger partial charge >= 0.3 is 12.2 Å². The molecule has 3 aromatic carbocycles. The van der Waals surface area contributed by atoms with E-state index in [1.807, 2.05) is 30.3 Å². The minimum Gasteiger partial charge on any atom is -0.465 e. The largest absolute Gasteiger partial charge is 0.465 e. The van der Waals surface area contributed by atoms with Crippen LogP contribution in [-0.2, 0) is 11.3 Å². The number of ketones is 1. The number of carbonyl (C=O) groups is 3. The number of benzene rings is 3. The summed E-state index contributed by atoms with van der Waals surface area (Å²) in [4.78, 5) is 43.1. The molecule has 4 aromatic rings. The number of aromatic amines is 1. The van der Waals surface area contributed by atoms with Gasteiger partial charge in [0.2, 0.25) is 5.95 Å². The molecule has 0 aliphatic heterocycles. The zero-order chi connectivity index (χ0) is 22.5. The standard InChI is InChI=1S/C23H18N4O5/c28-20(15-10-11-18-19(12-15)25-21(24-18)27-22(29)30)16-8-4-5-9-17(16)26-23(31)32-13-14-6-2-1-3-7-14/h1-12H,13H2,(H,26,31)(H,29,30)(H2,24,25,27). The normalized spacial score (nSPS) is 10.5. The molecule has 0 radical (unpaired) electrons. The minimum absolute atomic E-state index is 0.0559. The number of nitrogens with zero attached hydrogens (tertiary/aromatic N) is 1. The zero-order valence-electron chi connectivity index (χ0n) is 16.7. The van der Waals surface area contributed by atoms with Gasteiger partial charge in [0, 0.05) is 11.1 Å². The van der Waals surface area contributed by atoms with Crippen LogP contribution in [0.3, 0.4) is 0 Å². The third-order valence-electron chi connectivity index (χ3n) is 4.59. The van der Waals surface area contributed by atoms with Crippen molar-refractivity contribution in [2.24, 2.45) is 0 Å². The van der Waals surface area contributed by atoms with Crippen molar-refractivity contribution in [3.63, 3.8) is 0 Å². The summed E-state index contributed by atoms with van der Waals surface area (Å²) in [5, 5.41) is 13.6. The number of amides is 2. The highest BCUT2D eigenvalue weighted by molar-refractivity contribution is 6.14. The molecule has 0 saturated carbocycles. The molecule has 1 aromatic heterocycles. The quantitative estimate of drug-likeness (QED) is 0.330. The Morgan fingerprint density at radius 3 is 2.47 bits per heavy atom. The second-order valence-corrected chi connectivity index (χ2v) is 6.81. The van der Waals surface area contributed by atoms with Crippen molar-refractivity contribution >= 4 is 40.6 Å². The number of carbonyl (C=O) groups excluding carboxylic acids is 2. The maximum atomic E-state index is 13.1. The van der Waals surface area contributed by atoms with Crippen molar-refractivity contribution < 1.29 is 24.2 Å². The third kappa shape index (κ3) is 4.73. The average Bonchev–Trinajstić information content (AvgIpc) is 3.19. The molecule has 0 unspecified atom stereocenters. The maximum absolute atomic E-state index is 13.1. The molecule has 0 fully saturated rings. The van der Waals surface area contributed by atoms with Gasteiger partial charge < -0.3 is 14.8 Å². The summed E-state index contributed by atoms with van der Waals surface area (Å²) in [5.74, 6) is -0.270. The number of hydrogen-bond donors (Lipinski definition) is 4. The van der Waals surface area contributed by atoms with Gasteiger partial charge in [-0.2, -0.15) is 0 Å². The molecule has 0 aliphatic rings. The number of anilines is 2. The van der Waals surface area contributed by atoms with Crippen molar-refractivity contribution in [3.05, 3.63) is 89.5 Å². The lowest BCUT2D eigenvalue weighted by Crippen LogP contribution is -2.16. The van der Waals surface area contributed by atoms with Crippen molar-refractivity contribution in [3.8, 4) is 0 Å². The van der Waals surface area contributed by atoms with E-state index in [9.17, 15) is 14.4 Å². The average molecular weight is 430 g/mol. The second kappa shape index (κ2) is 9.00. The summed E-state index contributed by atoms with van der Waals surface area (Å²) in [6, 6.07) is 20.6. The van der Waals surface area contributed by atoms with E-state index in [2.05, 4.69) is 20.6 Å². The van der Waals surface area contributed by atoms with E-state index in [-0.39, 0.29) is 23.9 Å². The maximum Gasteiger partial charge on any atom is 0.411 e. The minimum atomic E-state index is -1.25. The summed E-state index contributed by atoms with van der Waals surface area (Å²) in [6.45, 7) is 0.103. The molecule has 0 saturated heterocycles. The van der Waals surface area contributed by atoms with Crippen molar-refractivity contribution in [2.45, 2.75) is 6.61 Å². The Morgan fingerprint density at radius 2 is 1.69 bits per heavy atom. The molecule has 0 bridgehead atoms. The summed E-state index contributed by atoms with van der Waals surface area (Å²) in [6.07, 6.45) is -1.93. The number of imidazole rings is 1. The number of ether oxygens (including phenoxy) is 1. The number of rotatable bonds is 6. The van der Waals surface area contributed by atoms with E-state index < -0.39 is 12.2 Å². The predicted octanol–water partition coefficient (Wildman–Crippen LogP) is 4.63. The lowest BCUT2D eigenvalue weighted by molar-refractivity contribution is 0.103. The molecule has 9 nitrogen and oxygen atoms in total. The molecule has 160 valence electrons. The molecule has 4 N–H and O–H groups in total. The van der Waals surface area contributed by atoms with Crippen LogP contribution >= 0.6 is 0 Å². The Balaban J connectivity index is 1.51. The lowest BCUT2D eigenvalue weighted by atomic mass is 10.0. The molecule has 0 aliphatic carbocycles. The number of nitrogens with one attached hydrogen (secondary N) is 3.